The van der Waals surface area contributed by atoms with Crippen LogP contribution in [0.2, 0.25) is 0 Å². The van der Waals surface area contributed by atoms with Crippen molar-refractivity contribution < 1.29 is 14.5 Å². The topological polar surface area (TPSA) is 103 Å². The molecule has 1 saturated heterocycles. The number of aromatic nitrogens is 3. The summed E-state index contributed by atoms with van der Waals surface area (Å²) in [4.78, 5) is 28.7. The molecular formula is C19H25N5O4. The fourth-order valence-corrected chi connectivity index (χ4v) is 3.19. The lowest BCUT2D eigenvalue weighted by atomic mass is 10.1. The molecule has 1 aliphatic rings. The molecule has 0 saturated carbocycles. The average molecular weight is 387 g/mol. The molecule has 0 unspecified atom stereocenters. The van der Waals surface area contributed by atoms with E-state index in [1.807, 2.05) is 31.6 Å². The molecule has 28 heavy (non-hydrogen) atoms. The minimum atomic E-state index is -0.504. The molecule has 3 heterocycles. The van der Waals surface area contributed by atoms with Crippen molar-refractivity contribution in [2.75, 3.05) is 13.1 Å². The van der Waals surface area contributed by atoms with Crippen molar-refractivity contribution in [1.82, 2.24) is 19.7 Å². The van der Waals surface area contributed by atoms with E-state index in [0.29, 0.717) is 24.3 Å². The van der Waals surface area contributed by atoms with E-state index in [9.17, 15) is 14.9 Å². The summed E-state index contributed by atoms with van der Waals surface area (Å²) in [5.41, 5.74) is 1.32. The summed E-state index contributed by atoms with van der Waals surface area (Å²) in [5, 5.41) is 15.6. The molecule has 0 aliphatic carbocycles. The van der Waals surface area contributed by atoms with Crippen molar-refractivity contribution in [2.45, 2.75) is 52.2 Å². The van der Waals surface area contributed by atoms with Crippen LogP contribution >= 0.6 is 0 Å². The Labute approximate surface area is 163 Å². The van der Waals surface area contributed by atoms with Gasteiger partial charge in [0.15, 0.2) is 0 Å². The van der Waals surface area contributed by atoms with Crippen LogP contribution in [0.15, 0.2) is 24.7 Å². The fourth-order valence-electron chi connectivity index (χ4n) is 3.19. The number of likely N-dealkylation sites (tertiary alicyclic amines) is 1. The first kappa shape index (κ1) is 19.8. The molecule has 0 bridgehead atoms. The zero-order valence-corrected chi connectivity index (χ0v) is 16.6. The Morgan fingerprint density at radius 3 is 2.54 bits per heavy atom. The molecule has 1 amide bonds. The van der Waals surface area contributed by atoms with Gasteiger partial charge in [-0.25, -0.2) is 4.79 Å². The van der Waals surface area contributed by atoms with Gasteiger partial charge in [-0.1, -0.05) is 0 Å². The highest BCUT2D eigenvalue weighted by Crippen LogP contribution is 2.28. The van der Waals surface area contributed by atoms with Crippen LogP contribution in [-0.4, -0.2) is 49.4 Å². The number of carbonyl (C=O) groups is 1. The summed E-state index contributed by atoms with van der Waals surface area (Å²) in [6.45, 7) is 8.38. The first-order chi connectivity index (χ1) is 13.1. The summed E-state index contributed by atoms with van der Waals surface area (Å²) in [7, 11) is 0. The predicted octanol–water partition coefficient (Wildman–Crippen LogP) is 3.73. The third kappa shape index (κ3) is 4.47. The van der Waals surface area contributed by atoms with E-state index in [2.05, 4.69) is 10.1 Å². The van der Waals surface area contributed by atoms with Gasteiger partial charge in [-0.05, 0) is 40.5 Å². The maximum Gasteiger partial charge on any atom is 0.410 e. The Bertz CT molecular complexity index is 879. The number of amides is 1. The monoisotopic (exact) mass is 387 g/mol. The van der Waals surface area contributed by atoms with E-state index in [-0.39, 0.29) is 17.8 Å². The second-order valence-electron chi connectivity index (χ2n) is 7.99. The summed E-state index contributed by atoms with van der Waals surface area (Å²) < 4.78 is 7.29. The number of ether oxygens (including phenoxy) is 1. The van der Waals surface area contributed by atoms with E-state index in [1.165, 1.54) is 6.07 Å². The van der Waals surface area contributed by atoms with Crippen LogP contribution < -0.4 is 0 Å². The second-order valence-corrected chi connectivity index (χ2v) is 7.99. The number of piperidine rings is 1. The van der Waals surface area contributed by atoms with Crippen LogP contribution in [0.4, 0.5) is 10.5 Å². The summed E-state index contributed by atoms with van der Waals surface area (Å²) in [6, 6.07) is 1.69. The number of nitrogens with zero attached hydrogens (tertiary/aromatic N) is 5. The fraction of sp³-hybridized carbons (Fsp3) is 0.526. The number of carbonyl (C=O) groups excluding carboxylic acids is 1. The Morgan fingerprint density at radius 1 is 1.25 bits per heavy atom. The molecule has 0 aromatic carbocycles. The van der Waals surface area contributed by atoms with Crippen LogP contribution in [0, 0.1) is 17.0 Å². The van der Waals surface area contributed by atoms with Gasteiger partial charge in [0.25, 0.3) is 5.69 Å². The normalized spacial score (nSPS) is 15.5. The quantitative estimate of drug-likeness (QED) is 0.587. The predicted molar refractivity (Wildman–Crippen MR) is 103 cm³/mol. The van der Waals surface area contributed by atoms with E-state index in [4.69, 9.17) is 4.74 Å². The van der Waals surface area contributed by atoms with E-state index >= 15 is 0 Å². The van der Waals surface area contributed by atoms with Gasteiger partial charge in [0.2, 0.25) is 0 Å². The van der Waals surface area contributed by atoms with E-state index in [0.717, 1.165) is 18.4 Å². The van der Waals surface area contributed by atoms with Crippen molar-refractivity contribution in [3.05, 3.63) is 40.5 Å². The second kappa shape index (κ2) is 7.57. The number of nitro groups is 1. The van der Waals surface area contributed by atoms with E-state index in [1.54, 1.807) is 24.2 Å². The summed E-state index contributed by atoms with van der Waals surface area (Å²) in [5.74, 6) is 0. The van der Waals surface area contributed by atoms with Gasteiger partial charge >= 0.3 is 6.09 Å². The van der Waals surface area contributed by atoms with Gasteiger partial charge in [0, 0.05) is 42.7 Å². The molecule has 2 aromatic rings. The molecule has 1 fully saturated rings. The number of pyridine rings is 1. The molecule has 0 N–H and O–H groups in total. The molecule has 9 nitrogen and oxygen atoms in total. The number of rotatable bonds is 3. The molecule has 1 aliphatic heterocycles. The van der Waals surface area contributed by atoms with Crippen LogP contribution in [0.1, 0.15) is 45.3 Å². The number of hydrogen-bond donors (Lipinski definition) is 0. The third-order valence-corrected chi connectivity index (χ3v) is 4.68. The minimum Gasteiger partial charge on any atom is -0.444 e. The average Bonchev–Trinajstić information content (AvgIpc) is 3.10. The third-order valence-electron chi connectivity index (χ3n) is 4.68. The van der Waals surface area contributed by atoms with E-state index < -0.39 is 10.5 Å². The lowest BCUT2D eigenvalue weighted by Gasteiger charge is -2.33. The zero-order chi connectivity index (χ0) is 20.5. The van der Waals surface area contributed by atoms with Crippen molar-refractivity contribution in [3.8, 4) is 11.1 Å². The van der Waals surface area contributed by atoms with Crippen molar-refractivity contribution >= 4 is 11.8 Å². The molecule has 0 radical (unpaired) electrons. The first-order valence-corrected chi connectivity index (χ1v) is 9.27. The Hall–Kier alpha value is -2.97. The van der Waals surface area contributed by atoms with Crippen LogP contribution in [0.3, 0.4) is 0 Å². The van der Waals surface area contributed by atoms with Gasteiger partial charge in [-0.15, -0.1) is 0 Å². The van der Waals surface area contributed by atoms with Crippen LogP contribution in [-0.2, 0) is 4.74 Å². The molecule has 9 heteroatoms. The van der Waals surface area contributed by atoms with Gasteiger partial charge in [-0.3, -0.25) is 19.8 Å². The molecular weight excluding hydrogens is 362 g/mol. The Kier molecular flexibility index (Phi) is 5.35. The maximum atomic E-state index is 12.2. The smallest absolute Gasteiger partial charge is 0.410 e. The van der Waals surface area contributed by atoms with Gasteiger partial charge in [0.05, 0.1) is 17.2 Å². The van der Waals surface area contributed by atoms with Gasteiger partial charge < -0.3 is 9.64 Å². The molecule has 150 valence electrons. The van der Waals surface area contributed by atoms with Crippen molar-refractivity contribution in [3.63, 3.8) is 0 Å². The summed E-state index contributed by atoms with van der Waals surface area (Å²) in [6.07, 6.45) is 6.44. The standard InChI is InChI=1S/C19H25N5O4/c1-13-17(24(26)27)9-14(10-20-13)15-11-21-23(12-15)16-5-7-22(8-6-16)18(25)28-19(2,3)4/h9-12,16H,5-8H2,1-4H3. The number of hydrogen-bond acceptors (Lipinski definition) is 6. The van der Waals surface area contributed by atoms with Crippen LogP contribution in [0.25, 0.3) is 11.1 Å². The largest absolute Gasteiger partial charge is 0.444 e. The lowest BCUT2D eigenvalue weighted by molar-refractivity contribution is -0.385. The lowest BCUT2D eigenvalue weighted by Crippen LogP contribution is -2.42. The number of aryl methyl sites for hydroxylation is 1. The van der Waals surface area contributed by atoms with Crippen molar-refractivity contribution in [1.29, 1.82) is 0 Å². The SMILES string of the molecule is Cc1ncc(-c2cnn(C3CCN(C(=O)OC(C)(C)C)CC3)c2)cc1[N+](=O)[O-]. The molecule has 0 atom stereocenters. The molecule has 3 rings (SSSR count). The highest BCUT2D eigenvalue weighted by atomic mass is 16.6. The summed E-state index contributed by atoms with van der Waals surface area (Å²) >= 11 is 0. The minimum absolute atomic E-state index is 0.00378. The molecule has 0 spiro atoms. The van der Waals surface area contributed by atoms with Crippen LogP contribution in [0.5, 0.6) is 0 Å². The molecule has 2 aromatic heterocycles. The Morgan fingerprint density at radius 2 is 1.93 bits per heavy atom. The zero-order valence-electron chi connectivity index (χ0n) is 16.6. The van der Waals surface area contributed by atoms with Gasteiger partial charge in [-0.2, -0.15) is 5.10 Å². The Balaban J connectivity index is 1.67. The first-order valence-electron chi connectivity index (χ1n) is 9.27. The maximum absolute atomic E-state index is 12.2. The van der Waals surface area contributed by atoms with Crippen molar-refractivity contribution in [2.24, 2.45) is 0 Å². The van der Waals surface area contributed by atoms with Gasteiger partial charge in [0.1, 0.15) is 11.3 Å². The highest BCUT2D eigenvalue weighted by molar-refractivity contribution is 5.68. The highest BCUT2D eigenvalue weighted by Gasteiger charge is 2.28.